The van der Waals surface area contributed by atoms with Crippen molar-refractivity contribution in [2.24, 2.45) is 0 Å². The predicted molar refractivity (Wildman–Crippen MR) is 137 cm³/mol. The second kappa shape index (κ2) is 8.82. The van der Waals surface area contributed by atoms with Gasteiger partial charge in [0.1, 0.15) is 25.0 Å². The Hall–Kier alpha value is -3.29. The average molecular weight is 468 g/mol. The van der Waals surface area contributed by atoms with Crippen molar-refractivity contribution < 1.29 is 4.42 Å². The molecule has 34 heavy (non-hydrogen) atoms. The number of benzene rings is 2. The Bertz CT molecular complexity index is 1440. The van der Waals surface area contributed by atoms with E-state index >= 15 is 0 Å². The topological polar surface area (TPSA) is 58.6 Å². The molecular formula is C26H23BClN5O. The molecule has 0 spiro atoms. The minimum Gasteiger partial charge on any atom is -0.460 e. The first-order chi connectivity index (χ1) is 16.6. The van der Waals surface area contributed by atoms with Crippen LogP contribution in [0.15, 0.2) is 71.3 Å². The largest absolute Gasteiger partial charge is 0.460 e. The molecule has 1 aliphatic rings. The van der Waals surface area contributed by atoms with E-state index in [1.54, 1.807) is 10.7 Å². The number of likely N-dealkylation sites (tertiary alicyclic amines) is 1. The van der Waals surface area contributed by atoms with Crippen LogP contribution in [0.4, 0.5) is 5.82 Å². The van der Waals surface area contributed by atoms with Crippen LogP contribution in [0.1, 0.15) is 18.6 Å². The van der Waals surface area contributed by atoms with E-state index in [1.807, 2.05) is 48.5 Å². The third kappa shape index (κ3) is 4.06. The van der Waals surface area contributed by atoms with Crippen molar-refractivity contribution in [1.82, 2.24) is 19.5 Å². The molecule has 1 fully saturated rings. The van der Waals surface area contributed by atoms with Crippen LogP contribution in [0.2, 0.25) is 5.02 Å². The highest BCUT2D eigenvalue weighted by atomic mass is 35.5. The molecule has 0 atom stereocenters. The van der Waals surface area contributed by atoms with E-state index in [1.165, 1.54) is 0 Å². The van der Waals surface area contributed by atoms with E-state index in [-0.39, 0.29) is 0 Å². The smallest absolute Gasteiger partial charge is 0.150 e. The molecule has 4 heterocycles. The third-order valence-electron chi connectivity index (χ3n) is 6.44. The second-order valence-corrected chi connectivity index (χ2v) is 9.19. The van der Waals surface area contributed by atoms with Crippen LogP contribution in [-0.4, -0.2) is 46.5 Å². The average Bonchev–Trinajstić information content (AvgIpc) is 3.43. The van der Waals surface area contributed by atoms with Gasteiger partial charge in [-0.05, 0) is 36.5 Å². The number of piperidine rings is 1. The summed E-state index contributed by atoms with van der Waals surface area (Å²) in [5.41, 5.74) is 3.76. The van der Waals surface area contributed by atoms with E-state index in [2.05, 4.69) is 27.4 Å². The van der Waals surface area contributed by atoms with Crippen LogP contribution in [0.3, 0.4) is 0 Å². The molecule has 8 heteroatoms. The summed E-state index contributed by atoms with van der Waals surface area (Å²) in [4.78, 5) is 7.17. The molecule has 168 valence electrons. The Morgan fingerprint density at radius 2 is 1.85 bits per heavy atom. The monoisotopic (exact) mass is 467 g/mol. The molecular weight excluding hydrogens is 445 g/mol. The number of nitrogens with one attached hydrogen (secondary N) is 1. The fourth-order valence-corrected chi connectivity index (χ4v) is 4.90. The number of para-hydroxylation sites is 1. The van der Waals surface area contributed by atoms with Crippen LogP contribution in [-0.2, 0) is 6.54 Å². The summed E-state index contributed by atoms with van der Waals surface area (Å²) in [6.07, 6.45) is 3.67. The van der Waals surface area contributed by atoms with E-state index in [9.17, 15) is 0 Å². The third-order valence-corrected chi connectivity index (χ3v) is 6.77. The van der Waals surface area contributed by atoms with Gasteiger partial charge in [-0.1, -0.05) is 48.0 Å². The van der Waals surface area contributed by atoms with Gasteiger partial charge in [0.05, 0.1) is 12.2 Å². The van der Waals surface area contributed by atoms with E-state index in [4.69, 9.17) is 28.8 Å². The fourth-order valence-electron chi connectivity index (χ4n) is 4.67. The van der Waals surface area contributed by atoms with Crippen LogP contribution in [0.5, 0.6) is 0 Å². The molecule has 1 aliphatic heterocycles. The maximum Gasteiger partial charge on any atom is 0.150 e. The first-order valence-corrected chi connectivity index (χ1v) is 11.9. The lowest BCUT2D eigenvalue weighted by Gasteiger charge is -2.32. The Morgan fingerprint density at radius 3 is 2.68 bits per heavy atom. The minimum atomic E-state index is 0.321. The zero-order valence-electron chi connectivity index (χ0n) is 18.6. The SMILES string of the molecule is [B]c1cnn2c(NC3CCN(Cc4cc5ccccc5o4)CC3)cc(-c3ccccc3Cl)nc12. The maximum atomic E-state index is 6.45. The lowest BCUT2D eigenvalue weighted by Crippen LogP contribution is -2.39. The summed E-state index contributed by atoms with van der Waals surface area (Å²) in [6, 6.07) is 20.3. The van der Waals surface area contributed by atoms with Gasteiger partial charge in [-0.25, -0.2) is 4.98 Å². The molecule has 2 radical (unpaired) electrons. The molecule has 6 nitrogen and oxygen atoms in total. The quantitative estimate of drug-likeness (QED) is 0.381. The van der Waals surface area contributed by atoms with Crippen molar-refractivity contribution in [3.05, 3.63) is 77.6 Å². The molecule has 0 saturated carbocycles. The maximum absolute atomic E-state index is 6.45. The van der Waals surface area contributed by atoms with Gasteiger partial charge < -0.3 is 9.73 Å². The van der Waals surface area contributed by atoms with Gasteiger partial charge >= 0.3 is 0 Å². The molecule has 1 saturated heterocycles. The highest BCUT2D eigenvalue weighted by molar-refractivity contribution is 6.36. The fraction of sp³-hybridized carbons (Fsp3) is 0.231. The highest BCUT2D eigenvalue weighted by Gasteiger charge is 2.22. The first-order valence-electron chi connectivity index (χ1n) is 11.5. The molecule has 0 bridgehead atoms. The Labute approximate surface area is 203 Å². The number of halogens is 1. The summed E-state index contributed by atoms with van der Waals surface area (Å²) in [7, 11) is 6.16. The van der Waals surface area contributed by atoms with Crippen LogP contribution >= 0.6 is 11.6 Å². The van der Waals surface area contributed by atoms with Gasteiger partial charge in [-0.3, -0.25) is 4.90 Å². The summed E-state index contributed by atoms with van der Waals surface area (Å²) < 4.78 is 7.78. The molecule has 2 aromatic carbocycles. The van der Waals surface area contributed by atoms with E-state index < -0.39 is 0 Å². The second-order valence-electron chi connectivity index (χ2n) is 8.79. The van der Waals surface area contributed by atoms with Crippen molar-refractivity contribution in [3.8, 4) is 11.3 Å². The van der Waals surface area contributed by atoms with Gasteiger partial charge in [0.25, 0.3) is 0 Å². The lowest BCUT2D eigenvalue weighted by atomic mass is 10.0. The van der Waals surface area contributed by atoms with Gasteiger partial charge in [-0.2, -0.15) is 9.61 Å². The summed E-state index contributed by atoms with van der Waals surface area (Å²) in [6.45, 7) is 2.80. The summed E-state index contributed by atoms with van der Waals surface area (Å²) in [5, 5.41) is 9.94. The number of fused-ring (bicyclic) bond motifs is 2. The van der Waals surface area contributed by atoms with Gasteiger partial charge in [0, 0.05) is 47.4 Å². The first kappa shape index (κ1) is 21.3. The van der Waals surface area contributed by atoms with Gasteiger partial charge in [0.15, 0.2) is 5.65 Å². The zero-order chi connectivity index (χ0) is 23.1. The number of anilines is 1. The number of hydrogen-bond acceptors (Lipinski definition) is 5. The molecule has 5 aromatic rings. The van der Waals surface area contributed by atoms with Crippen molar-refractivity contribution >= 4 is 47.3 Å². The van der Waals surface area contributed by atoms with Crippen molar-refractivity contribution in [2.45, 2.75) is 25.4 Å². The number of rotatable bonds is 5. The van der Waals surface area contributed by atoms with Crippen LogP contribution < -0.4 is 10.8 Å². The Kier molecular flexibility index (Phi) is 5.51. The number of furan rings is 1. The van der Waals surface area contributed by atoms with Crippen molar-refractivity contribution in [1.29, 1.82) is 0 Å². The van der Waals surface area contributed by atoms with Crippen LogP contribution in [0, 0.1) is 0 Å². The summed E-state index contributed by atoms with van der Waals surface area (Å²) in [5.74, 6) is 1.88. The number of aromatic nitrogens is 3. The molecule has 0 amide bonds. The molecule has 3 aromatic heterocycles. The van der Waals surface area contributed by atoms with Crippen LogP contribution in [0.25, 0.3) is 27.9 Å². The van der Waals surface area contributed by atoms with E-state index in [0.29, 0.717) is 22.2 Å². The highest BCUT2D eigenvalue weighted by Crippen LogP contribution is 2.29. The van der Waals surface area contributed by atoms with E-state index in [0.717, 1.165) is 66.3 Å². The Morgan fingerprint density at radius 1 is 1.06 bits per heavy atom. The number of hydrogen-bond donors (Lipinski definition) is 1. The predicted octanol–water partition coefficient (Wildman–Crippen LogP) is 4.67. The van der Waals surface area contributed by atoms with Gasteiger partial charge in [-0.15, -0.1) is 0 Å². The Balaban J connectivity index is 1.19. The lowest BCUT2D eigenvalue weighted by molar-refractivity contribution is 0.198. The molecule has 6 rings (SSSR count). The molecule has 0 aliphatic carbocycles. The zero-order valence-corrected chi connectivity index (χ0v) is 19.4. The van der Waals surface area contributed by atoms with Crippen molar-refractivity contribution in [3.63, 3.8) is 0 Å². The van der Waals surface area contributed by atoms with Crippen molar-refractivity contribution in [2.75, 3.05) is 18.4 Å². The standard InChI is InChI=1S/C26H23BClN5O/c27-21-15-29-33-25(14-23(31-26(21)33)20-6-2-3-7-22(20)28)30-18-9-11-32(12-10-18)16-19-13-17-5-1-4-8-24(17)34-19/h1-8,13-15,18,30H,9-12,16H2. The normalized spacial score (nSPS) is 15.3. The van der Waals surface area contributed by atoms with Gasteiger partial charge in [0.2, 0.25) is 0 Å². The minimum absolute atomic E-state index is 0.321. The number of nitrogens with zero attached hydrogens (tertiary/aromatic N) is 4. The molecule has 0 unspecified atom stereocenters. The summed E-state index contributed by atoms with van der Waals surface area (Å²) >= 11 is 6.45. The molecule has 1 N–H and O–H groups in total.